The molecule has 1 saturated carbocycles. The highest BCUT2D eigenvalue weighted by atomic mass is 79.9. The van der Waals surface area contributed by atoms with E-state index in [4.69, 9.17) is 11.6 Å². The molecular formula is C12H15BrClN. The third-order valence-corrected chi connectivity index (χ3v) is 3.91. The maximum atomic E-state index is 6.02. The van der Waals surface area contributed by atoms with Crippen LogP contribution in [0.4, 0.5) is 0 Å². The van der Waals surface area contributed by atoms with Crippen LogP contribution < -0.4 is 5.32 Å². The van der Waals surface area contributed by atoms with Gasteiger partial charge in [0.1, 0.15) is 0 Å². The third kappa shape index (κ3) is 2.96. The molecule has 0 saturated heterocycles. The van der Waals surface area contributed by atoms with Crippen LogP contribution in [0.1, 0.15) is 30.9 Å². The fourth-order valence-electron chi connectivity index (χ4n) is 1.87. The molecule has 1 fully saturated rings. The van der Waals surface area contributed by atoms with Crippen molar-refractivity contribution in [1.29, 1.82) is 0 Å². The average Bonchev–Trinajstić information content (AvgIpc) is 3.02. The first kappa shape index (κ1) is 11.4. The number of benzene rings is 1. The summed E-state index contributed by atoms with van der Waals surface area (Å²) >= 11 is 9.60. The largest absolute Gasteiger partial charge is 0.313 e. The van der Waals surface area contributed by atoms with E-state index in [1.54, 1.807) is 0 Å². The van der Waals surface area contributed by atoms with Crippen LogP contribution in [0.15, 0.2) is 22.7 Å². The Morgan fingerprint density at radius 1 is 1.53 bits per heavy atom. The second-order valence-electron chi connectivity index (χ2n) is 4.19. The molecule has 82 valence electrons. The Bertz CT molecular complexity index is 349. The summed E-state index contributed by atoms with van der Waals surface area (Å²) < 4.78 is 1.15. The molecule has 1 nitrogen and oxygen atoms in total. The van der Waals surface area contributed by atoms with Crippen molar-refractivity contribution in [1.82, 2.24) is 5.32 Å². The minimum absolute atomic E-state index is 0.422. The normalized spacial score (nSPS) is 17.8. The van der Waals surface area contributed by atoms with E-state index < -0.39 is 0 Å². The van der Waals surface area contributed by atoms with Crippen molar-refractivity contribution < 1.29 is 0 Å². The number of rotatable bonds is 4. The molecule has 2 rings (SSSR count). The van der Waals surface area contributed by atoms with Gasteiger partial charge in [0.15, 0.2) is 0 Å². The zero-order valence-corrected chi connectivity index (χ0v) is 11.1. The number of halogens is 2. The fraction of sp³-hybridized carbons (Fsp3) is 0.500. The van der Waals surface area contributed by atoms with Crippen LogP contribution in [0.2, 0.25) is 5.02 Å². The molecule has 1 unspecified atom stereocenters. The summed E-state index contributed by atoms with van der Waals surface area (Å²) in [6.45, 7) is 0. The highest BCUT2D eigenvalue weighted by molar-refractivity contribution is 9.10. The highest BCUT2D eigenvalue weighted by Crippen LogP contribution is 2.39. The van der Waals surface area contributed by atoms with Gasteiger partial charge in [0.05, 0.1) is 0 Å². The van der Waals surface area contributed by atoms with E-state index in [9.17, 15) is 0 Å². The summed E-state index contributed by atoms with van der Waals surface area (Å²) in [5.41, 5.74) is 1.27. The van der Waals surface area contributed by atoms with Crippen LogP contribution in [0.25, 0.3) is 0 Å². The van der Waals surface area contributed by atoms with Gasteiger partial charge in [0.2, 0.25) is 0 Å². The summed E-state index contributed by atoms with van der Waals surface area (Å²) in [6, 6.07) is 6.41. The molecule has 1 aliphatic carbocycles. The summed E-state index contributed by atoms with van der Waals surface area (Å²) in [5.74, 6) is 0.910. The molecule has 1 N–H and O–H groups in total. The lowest BCUT2D eigenvalue weighted by Gasteiger charge is -2.18. The van der Waals surface area contributed by atoms with Gasteiger partial charge < -0.3 is 5.32 Å². The van der Waals surface area contributed by atoms with E-state index in [1.165, 1.54) is 24.8 Å². The minimum Gasteiger partial charge on any atom is -0.313 e. The van der Waals surface area contributed by atoms with Gasteiger partial charge in [0, 0.05) is 15.5 Å². The standard InChI is InChI=1S/C12H15BrClN/c1-15-12(6-8-2-3-8)10-7-9(14)4-5-11(10)13/h4-5,7-8,12,15H,2-3,6H2,1H3. The summed E-state index contributed by atoms with van der Waals surface area (Å²) in [7, 11) is 2.01. The van der Waals surface area contributed by atoms with Crippen LogP contribution in [-0.4, -0.2) is 7.05 Å². The fourth-order valence-corrected chi connectivity index (χ4v) is 2.57. The summed E-state index contributed by atoms with van der Waals surface area (Å²) in [5, 5.41) is 4.18. The molecule has 0 amide bonds. The minimum atomic E-state index is 0.422. The molecule has 0 spiro atoms. The smallest absolute Gasteiger partial charge is 0.0410 e. The molecule has 0 aromatic heterocycles. The molecule has 15 heavy (non-hydrogen) atoms. The first-order valence-electron chi connectivity index (χ1n) is 5.33. The quantitative estimate of drug-likeness (QED) is 0.877. The molecule has 0 bridgehead atoms. The van der Waals surface area contributed by atoms with Gasteiger partial charge in [-0.15, -0.1) is 0 Å². The van der Waals surface area contributed by atoms with Crippen molar-refractivity contribution in [2.24, 2.45) is 5.92 Å². The molecule has 1 aliphatic rings. The summed E-state index contributed by atoms with van der Waals surface area (Å²) in [6.07, 6.45) is 3.99. The lowest BCUT2D eigenvalue weighted by Crippen LogP contribution is -2.17. The van der Waals surface area contributed by atoms with Crippen molar-refractivity contribution >= 4 is 27.5 Å². The Morgan fingerprint density at radius 2 is 2.27 bits per heavy atom. The number of hydrogen-bond donors (Lipinski definition) is 1. The SMILES string of the molecule is CNC(CC1CC1)c1cc(Cl)ccc1Br. The van der Waals surface area contributed by atoms with E-state index in [-0.39, 0.29) is 0 Å². The predicted octanol–water partition coefficient (Wildman–Crippen LogP) is 4.16. The van der Waals surface area contributed by atoms with Gasteiger partial charge in [0.25, 0.3) is 0 Å². The van der Waals surface area contributed by atoms with Crippen LogP contribution >= 0.6 is 27.5 Å². The zero-order chi connectivity index (χ0) is 10.8. The van der Waals surface area contributed by atoms with Crippen molar-refractivity contribution in [3.63, 3.8) is 0 Å². The topological polar surface area (TPSA) is 12.0 Å². The molecule has 0 aliphatic heterocycles. The first-order valence-corrected chi connectivity index (χ1v) is 6.50. The van der Waals surface area contributed by atoms with Crippen LogP contribution in [0.5, 0.6) is 0 Å². The van der Waals surface area contributed by atoms with Gasteiger partial charge in [-0.2, -0.15) is 0 Å². The Hall–Kier alpha value is -0.0500. The molecule has 3 heteroatoms. The Morgan fingerprint density at radius 3 is 2.87 bits per heavy atom. The van der Waals surface area contributed by atoms with Gasteiger partial charge in [-0.25, -0.2) is 0 Å². The van der Waals surface area contributed by atoms with Gasteiger partial charge >= 0.3 is 0 Å². The van der Waals surface area contributed by atoms with Gasteiger partial charge in [-0.05, 0) is 43.1 Å². The van der Waals surface area contributed by atoms with Crippen LogP contribution in [-0.2, 0) is 0 Å². The van der Waals surface area contributed by atoms with E-state index >= 15 is 0 Å². The number of nitrogens with one attached hydrogen (secondary N) is 1. The van der Waals surface area contributed by atoms with E-state index in [0.29, 0.717) is 6.04 Å². The molecule has 1 aromatic carbocycles. The van der Waals surface area contributed by atoms with Crippen LogP contribution in [0, 0.1) is 5.92 Å². The highest BCUT2D eigenvalue weighted by Gasteiger charge is 2.26. The first-order chi connectivity index (χ1) is 7.20. The van der Waals surface area contributed by atoms with E-state index in [1.807, 2.05) is 19.2 Å². The molecule has 1 atom stereocenters. The Labute approximate surface area is 104 Å². The summed E-state index contributed by atoms with van der Waals surface area (Å²) in [4.78, 5) is 0. The van der Waals surface area contributed by atoms with Crippen molar-refractivity contribution in [2.45, 2.75) is 25.3 Å². The third-order valence-electron chi connectivity index (χ3n) is 2.95. The zero-order valence-electron chi connectivity index (χ0n) is 8.76. The van der Waals surface area contributed by atoms with Gasteiger partial charge in [-0.3, -0.25) is 0 Å². The Balaban J connectivity index is 2.19. The molecule has 0 heterocycles. The van der Waals surface area contributed by atoms with Crippen molar-refractivity contribution in [3.8, 4) is 0 Å². The lowest BCUT2D eigenvalue weighted by atomic mass is 10.0. The monoisotopic (exact) mass is 287 g/mol. The maximum absolute atomic E-state index is 6.02. The second kappa shape index (κ2) is 4.86. The van der Waals surface area contributed by atoms with E-state index in [0.717, 1.165) is 15.4 Å². The van der Waals surface area contributed by atoms with Crippen molar-refractivity contribution in [3.05, 3.63) is 33.3 Å². The molecular weight excluding hydrogens is 273 g/mol. The van der Waals surface area contributed by atoms with Gasteiger partial charge in [-0.1, -0.05) is 40.4 Å². The van der Waals surface area contributed by atoms with Crippen molar-refractivity contribution in [2.75, 3.05) is 7.05 Å². The Kier molecular flexibility index (Phi) is 3.70. The van der Waals surface area contributed by atoms with Crippen LogP contribution in [0.3, 0.4) is 0 Å². The molecule has 0 radical (unpaired) electrons. The lowest BCUT2D eigenvalue weighted by molar-refractivity contribution is 0.513. The molecule has 1 aromatic rings. The average molecular weight is 289 g/mol. The maximum Gasteiger partial charge on any atom is 0.0410 e. The second-order valence-corrected chi connectivity index (χ2v) is 5.48. The van der Waals surface area contributed by atoms with E-state index in [2.05, 4.69) is 27.3 Å². The predicted molar refractivity (Wildman–Crippen MR) is 68.3 cm³/mol. The number of hydrogen-bond acceptors (Lipinski definition) is 1.